The Morgan fingerprint density at radius 3 is 2.73 bits per heavy atom. The van der Waals surface area contributed by atoms with E-state index in [1.54, 1.807) is 18.2 Å². The Morgan fingerprint density at radius 2 is 2.33 bits per heavy atom. The summed E-state index contributed by atoms with van der Waals surface area (Å²) in [5.41, 5.74) is -0.102. The van der Waals surface area contributed by atoms with Crippen LogP contribution in [0, 0.1) is 11.3 Å². The molecule has 6 heteroatoms. The molecular weight excluding hydrogens is 266 g/mol. The normalized spacial score (nSPS) is 10.1. The zero-order valence-corrected chi connectivity index (χ0v) is 9.37. The van der Waals surface area contributed by atoms with E-state index in [4.69, 9.17) is 9.68 Å². The molecule has 0 aromatic carbocycles. The van der Waals surface area contributed by atoms with Gasteiger partial charge in [0.05, 0.1) is 7.11 Å². The van der Waals surface area contributed by atoms with Crippen LogP contribution in [0.2, 0.25) is 0 Å². The van der Waals surface area contributed by atoms with Gasteiger partial charge in [-0.05, 0) is 28.1 Å². The lowest BCUT2D eigenvalue weighted by molar-refractivity contribution is -0.135. The average molecular weight is 274 g/mol. The molecule has 15 heavy (non-hydrogen) atoms. The maximum Gasteiger partial charge on any atom is 0.348 e. The minimum Gasteiger partial charge on any atom is -0.465 e. The summed E-state index contributed by atoms with van der Waals surface area (Å²) in [6.07, 6.45) is 1.32. The van der Waals surface area contributed by atoms with Crippen molar-refractivity contribution < 1.29 is 19.4 Å². The Kier molecular flexibility index (Phi) is 5.37. The van der Waals surface area contributed by atoms with Gasteiger partial charge in [0.2, 0.25) is 0 Å². The van der Waals surface area contributed by atoms with Gasteiger partial charge in [-0.2, -0.15) is 5.26 Å². The maximum atomic E-state index is 11.0. The van der Waals surface area contributed by atoms with Crippen molar-refractivity contribution in [1.29, 1.82) is 5.26 Å². The van der Waals surface area contributed by atoms with Gasteiger partial charge in [0, 0.05) is 6.08 Å². The van der Waals surface area contributed by atoms with Gasteiger partial charge in [0.1, 0.15) is 17.4 Å². The third-order valence-electron chi connectivity index (χ3n) is 1.41. The highest BCUT2D eigenvalue weighted by Crippen LogP contribution is 2.16. The second-order valence-electron chi connectivity index (χ2n) is 2.30. The molecule has 0 spiro atoms. The Morgan fingerprint density at radius 1 is 1.67 bits per heavy atom. The SMILES string of the molecule is COC(=O)/C(C#N)=C\c1ccc(Br)o1.O. The molecule has 0 radical (unpaired) electrons. The summed E-state index contributed by atoms with van der Waals surface area (Å²) in [6, 6.07) is 5.02. The van der Waals surface area contributed by atoms with Crippen molar-refractivity contribution in [3.63, 3.8) is 0 Å². The number of hydrogen-bond donors (Lipinski definition) is 0. The van der Waals surface area contributed by atoms with Crippen LogP contribution in [0.3, 0.4) is 0 Å². The number of methoxy groups -OCH3 is 1. The van der Waals surface area contributed by atoms with E-state index in [9.17, 15) is 4.79 Å². The van der Waals surface area contributed by atoms with E-state index in [1.165, 1.54) is 13.2 Å². The Hall–Kier alpha value is -1.58. The molecular formula is C9H8BrNO4. The fraction of sp³-hybridized carbons (Fsp3) is 0.111. The van der Waals surface area contributed by atoms with Crippen LogP contribution in [0.1, 0.15) is 5.76 Å². The number of halogens is 1. The minimum atomic E-state index is -0.681. The number of ether oxygens (including phenoxy) is 1. The van der Waals surface area contributed by atoms with Crippen molar-refractivity contribution in [2.45, 2.75) is 0 Å². The Balaban J connectivity index is 0.00000196. The van der Waals surface area contributed by atoms with Crippen LogP contribution in [-0.4, -0.2) is 18.6 Å². The molecule has 1 aromatic heterocycles. The van der Waals surface area contributed by atoms with E-state index in [2.05, 4.69) is 20.7 Å². The first-order valence-corrected chi connectivity index (χ1v) is 4.42. The molecule has 0 aliphatic carbocycles. The number of hydrogen-bond acceptors (Lipinski definition) is 4. The summed E-state index contributed by atoms with van der Waals surface area (Å²) in [6.45, 7) is 0. The zero-order valence-electron chi connectivity index (χ0n) is 7.78. The molecule has 0 atom stereocenters. The molecule has 0 saturated carbocycles. The summed E-state index contributed by atoms with van der Waals surface area (Å²) in [7, 11) is 1.21. The van der Waals surface area contributed by atoms with E-state index < -0.39 is 5.97 Å². The number of carbonyl (C=O) groups excluding carboxylic acids is 1. The van der Waals surface area contributed by atoms with Gasteiger partial charge in [0.15, 0.2) is 4.67 Å². The second-order valence-corrected chi connectivity index (χ2v) is 3.08. The van der Waals surface area contributed by atoms with E-state index in [0.29, 0.717) is 10.4 Å². The van der Waals surface area contributed by atoms with Crippen LogP contribution in [0.5, 0.6) is 0 Å². The van der Waals surface area contributed by atoms with Crippen molar-refractivity contribution in [3.8, 4) is 6.07 Å². The van der Waals surface area contributed by atoms with Gasteiger partial charge >= 0.3 is 5.97 Å². The molecule has 1 aromatic rings. The number of rotatable bonds is 2. The van der Waals surface area contributed by atoms with Crippen molar-refractivity contribution in [2.24, 2.45) is 0 Å². The third kappa shape index (κ3) is 3.58. The van der Waals surface area contributed by atoms with Crippen molar-refractivity contribution in [1.82, 2.24) is 0 Å². The van der Waals surface area contributed by atoms with E-state index in [1.807, 2.05) is 0 Å². The minimum absolute atomic E-state index is 0. The monoisotopic (exact) mass is 273 g/mol. The lowest BCUT2D eigenvalue weighted by Crippen LogP contribution is -2.02. The summed E-state index contributed by atoms with van der Waals surface area (Å²) in [4.78, 5) is 11.0. The van der Waals surface area contributed by atoms with Crippen LogP contribution < -0.4 is 0 Å². The number of nitrogens with zero attached hydrogens (tertiary/aromatic N) is 1. The van der Waals surface area contributed by atoms with Crippen LogP contribution in [0.4, 0.5) is 0 Å². The molecule has 5 nitrogen and oxygen atoms in total. The molecule has 80 valence electrons. The molecule has 0 fully saturated rings. The third-order valence-corrected chi connectivity index (χ3v) is 1.83. The highest BCUT2D eigenvalue weighted by atomic mass is 79.9. The predicted octanol–water partition coefficient (Wildman–Crippen LogP) is 1.30. The Bertz CT molecular complexity index is 416. The molecule has 0 aliphatic heterocycles. The second kappa shape index (κ2) is 6.01. The van der Waals surface area contributed by atoms with Gasteiger partial charge in [-0.1, -0.05) is 0 Å². The highest BCUT2D eigenvalue weighted by Gasteiger charge is 2.09. The number of nitriles is 1. The van der Waals surface area contributed by atoms with E-state index in [-0.39, 0.29) is 11.0 Å². The molecule has 0 aliphatic rings. The summed E-state index contributed by atoms with van der Waals surface area (Å²) in [5, 5.41) is 8.62. The Labute approximate surface area is 94.4 Å². The lowest BCUT2D eigenvalue weighted by Gasteiger charge is -1.93. The van der Waals surface area contributed by atoms with Crippen molar-refractivity contribution >= 4 is 28.0 Å². The molecule has 0 saturated heterocycles. The summed E-state index contributed by atoms with van der Waals surface area (Å²) in [5.74, 6) is -0.265. The number of carbonyl (C=O) groups is 1. The highest BCUT2D eigenvalue weighted by molar-refractivity contribution is 9.10. The maximum absolute atomic E-state index is 11.0. The van der Waals surface area contributed by atoms with Gasteiger partial charge in [-0.15, -0.1) is 0 Å². The fourth-order valence-corrected chi connectivity index (χ4v) is 1.11. The lowest BCUT2D eigenvalue weighted by atomic mass is 10.2. The van der Waals surface area contributed by atoms with Crippen LogP contribution in [-0.2, 0) is 9.53 Å². The van der Waals surface area contributed by atoms with Gasteiger partial charge in [-0.3, -0.25) is 0 Å². The fourth-order valence-electron chi connectivity index (χ4n) is 0.795. The van der Waals surface area contributed by atoms with Gasteiger partial charge < -0.3 is 14.6 Å². The largest absolute Gasteiger partial charge is 0.465 e. The van der Waals surface area contributed by atoms with Crippen LogP contribution in [0.15, 0.2) is 26.8 Å². The van der Waals surface area contributed by atoms with Gasteiger partial charge in [-0.25, -0.2) is 4.79 Å². The van der Waals surface area contributed by atoms with E-state index in [0.717, 1.165) is 0 Å². The standard InChI is InChI=1S/C9H6BrNO3.H2O/c1-13-9(12)6(5-11)4-7-2-3-8(10)14-7;/h2-4H,1H3;1H2/b6-4-;. The molecule has 1 heterocycles. The zero-order chi connectivity index (χ0) is 10.6. The van der Waals surface area contributed by atoms with Crippen LogP contribution >= 0.6 is 15.9 Å². The topological polar surface area (TPSA) is 94.7 Å². The number of furan rings is 1. The first-order chi connectivity index (χ1) is 6.67. The first kappa shape index (κ1) is 13.4. The average Bonchev–Trinajstić information content (AvgIpc) is 2.59. The smallest absolute Gasteiger partial charge is 0.348 e. The van der Waals surface area contributed by atoms with E-state index >= 15 is 0 Å². The molecule has 2 N–H and O–H groups in total. The van der Waals surface area contributed by atoms with Gasteiger partial charge in [0.25, 0.3) is 0 Å². The summed E-state index contributed by atoms with van der Waals surface area (Å²) < 4.78 is 10.0. The molecule has 0 amide bonds. The molecule has 1 rings (SSSR count). The predicted molar refractivity (Wildman–Crippen MR) is 55.6 cm³/mol. The first-order valence-electron chi connectivity index (χ1n) is 3.63. The molecule has 0 unspecified atom stereocenters. The quantitative estimate of drug-likeness (QED) is 0.461. The van der Waals surface area contributed by atoms with Crippen LogP contribution in [0.25, 0.3) is 6.08 Å². The summed E-state index contributed by atoms with van der Waals surface area (Å²) >= 11 is 3.10. The number of esters is 1. The van der Waals surface area contributed by atoms with Crippen molar-refractivity contribution in [2.75, 3.05) is 7.11 Å². The molecule has 0 bridgehead atoms. The van der Waals surface area contributed by atoms with Crippen molar-refractivity contribution in [3.05, 3.63) is 28.1 Å².